The molecule has 4 N–H and O–H groups in total. The van der Waals surface area contributed by atoms with Gasteiger partial charge in [0, 0.05) is 76.0 Å². The zero-order chi connectivity index (χ0) is 51.2. The number of esters is 1. The van der Waals surface area contributed by atoms with Crippen LogP contribution in [0.1, 0.15) is 102 Å². The van der Waals surface area contributed by atoms with Gasteiger partial charge in [-0.25, -0.2) is 4.79 Å². The number of aliphatic hydroxyl groups excluding tert-OH is 1. The topological polar surface area (TPSA) is 209 Å². The molecule has 2 unspecified atom stereocenters. The summed E-state index contributed by atoms with van der Waals surface area (Å²) in [5, 5.41) is 20.3. The molecule has 72 heavy (non-hydrogen) atoms. The van der Waals surface area contributed by atoms with Crippen molar-refractivity contribution < 1.29 is 57.4 Å². The minimum Gasteiger partial charge on any atom is -0.461 e. The molecule has 3 aromatic rings. The standard InChI is InChI=1S/C54H74N6O12/c1-52(2,3)58-49(64)40-32-59(30-35-18-15-22-55-29-35)24-25-60(40)31-38(27-37(26-34-16-9-8-10-17-34)48(63)57-44-39-20-12-11-19-36(39)28-41(44)61)67-43(62)21-13-14-23-56-51(65)69-46-45(42-33-66-53(4,5)70-42)68-50-47(46)71-54(6,7)72-50/h8-12,15-20,22,29,37-38,40-42,44-47,50,61H,13-14,21,23-28,30-33H2,1-7H3,(H,56,65)(H,57,63)(H,58,64)/t37-,38-,40-,41+,42?,44-,45+,46-,47-,50?/m0/s1. The number of piperazine rings is 1. The van der Waals surface area contributed by atoms with Crippen LogP contribution in [0.5, 0.6) is 0 Å². The maximum absolute atomic E-state index is 14.6. The van der Waals surface area contributed by atoms with Gasteiger partial charge in [0.05, 0.1) is 18.8 Å². The number of hydrogen-bond donors (Lipinski definition) is 4. The second kappa shape index (κ2) is 23.0. The largest absolute Gasteiger partial charge is 0.461 e. The fourth-order valence-electron chi connectivity index (χ4n) is 10.4. The molecule has 5 heterocycles. The van der Waals surface area contributed by atoms with Crippen molar-refractivity contribution >= 4 is 23.9 Å². The van der Waals surface area contributed by atoms with Crippen LogP contribution in [0.2, 0.25) is 0 Å². The highest BCUT2D eigenvalue weighted by molar-refractivity contribution is 5.83. The Kier molecular flexibility index (Phi) is 17.0. The summed E-state index contributed by atoms with van der Waals surface area (Å²) >= 11 is 0. The van der Waals surface area contributed by atoms with Crippen molar-refractivity contribution in [2.24, 2.45) is 5.92 Å². The van der Waals surface area contributed by atoms with Crippen molar-refractivity contribution in [1.29, 1.82) is 0 Å². The highest BCUT2D eigenvalue weighted by Crippen LogP contribution is 2.42. The van der Waals surface area contributed by atoms with Crippen LogP contribution in [0, 0.1) is 5.92 Å². The highest BCUT2D eigenvalue weighted by Gasteiger charge is 2.60. The van der Waals surface area contributed by atoms with Crippen molar-refractivity contribution in [2.75, 3.05) is 39.3 Å². The third-order valence-corrected chi connectivity index (χ3v) is 13.7. The molecule has 4 saturated heterocycles. The number of hydrogen-bond acceptors (Lipinski definition) is 15. The number of rotatable bonds is 19. The van der Waals surface area contributed by atoms with E-state index in [-0.39, 0.29) is 44.4 Å². The Morgan fingerprint density at radius 2 is 1.67 bits per heavy atom. The second-order valence-corrected chi connectivity index (χ2v) is 21.7. The molecule has 8 rings (SSSR count). The van der Waals surface area contributed by atoms with Gasteiger partial charge in [-0.3, -0.25) is 29.2 Å². The number of pyridine rings is 1. The highest BCUT2D eigenvalue weighted by atomic mass is 16.9. The number of carbonyl (C=O) groups excluding carboxylic acids is 4. The Labute approximate surface area is 423 Å². The fraction of sp³-hybridized carbons (Fsp3) is 0.611. The third-order valence-electron chi connectivity index (χ3n) is 13.7. The van der Waals surface area contributed by atoms with Crippen LogP contribution in [0.15, 0.2) is 79.1 Å². The number of fused-ring (bicyclic) bond motifs is 2. The van der Waals surface area contributed by atoms with Crippen molar-refractivity contribution in [3.05, 3.63) is 101 Å². The number of carbonyl (C=O) groups is 4. The maximum Gasteiger partial charge on any atom is 0.407 e. The predicted octanol–water partition coefficient (Wildman–Crippen LogP) is 4.71. The van der Waals surface area contributed by atoms with E-state index in [1.165, 1.54) is 0 Å². The minimum atomic E-state index is -0.933. The Morgan fingerprint density at radius 3 is 2.40 bits per heavy atom. The summed E-state index contributed by atoms with van der Waals surface area (Å²) in [5.41, 5.74) is 3.33. The van der Waals surface area contributed by atoms with E-state index in [0.29, 0.717) is 51.9 Å². The smallest absolute Gasteiger partial charge is 0.407 e. The molecule has 1 aromatic heterocycles. The molecule has 0 saturated carbocycles. The zero-order valence-corrected chi connectivity index (χ0v) is 42.8. The number of amides is 3. The van der Waals surface area contributed by atoms with E-state index in [1.807, 2.05) is 93.7 Å². The lowest BCUT2D eigenvalue weighted by Crippen LogP contribution is -2.62. The van der Waals surface area contributed by atoms with Crippen molar-refractivity contribution in [3.63, 3.8) is 0 Å². The summed E-state index contributed by atoms with van der Waals surface area (Å²) < 4.78 is 42.3. The van der Waals surface area contributed by atoms with Gasteiger partial charge in [-0.05, 0) is 102 Å². The Balaban J connectivity index is 0.942. The Hall–Kier alpha value is -5.05. The van der Waals surface area contributed by atoms with Crippen LogP contribution in [0.25, 0.3) is 0 Å². The minimum absolute atomic E-state index is 0.0397. The first kappa shape index (κ1) is 53.2. The van der Waals surface area contributed by atoms with E-state index in [1.54, 1.807) is 33.9 Å². The molecule has 3 amide bonds. The van der Waals surface area contributed by atoms with Crippen molar-refractivity contribution in [3.8, 4) is 0 Å². The number of nitrogens with zero attached hydrogens (tertiary/aromatic N) is 3. The first-order valence-corrected chi connectivity index (χ1v) is 25.5. The Bertz CT molecular complexity index is 2320. The normalized spacial score (nSPS) is 27.6. The lowest BCUT2D eigenvalue weighted by molar-refractivity contribution is -0.232. The lowest BCUT2D eigenvalue weighted by atomic mass is 9.91. The van der Waals surface area contributed by atoms with E-state index in [9.17, 15) is 24.3 Å². The number of alkyl carbamates (subject to hydrolysis) is 1. The van der Waals surface area contributed by atoms with Crippen LogP contribution in [0.3, 0.4) is 0 Å². The summed E-state index contributed by atoms with van der Waals surface area (Å²) in [6.07, 6.45) is -0.358. The number of benzene rings is 2. The van der Waals surface area contributed by atoms with Gasteiger partial charge >= 0.3 is 12.1 Å². The third kappa shape index (κ3) is 14.2. The molecule has 1 aliphatic carbocycles. The van der Waals surface area contributed by atoms with Crippen LogP contribution < -0.4 is 16.0 Å². The molecular formula is C54H74N6O12. The van der Waals surface area contributed by atoms with Crippen molar-refractivity contribution in [2.45, 2.75) is 166 Å². The number of unbranched alkanes of at least 4 members (excludes halogenated alkanes) is 1. The molecule has 4 fully saturated rings. The number of aliphatic hydroxyl groups is 1. The molecule has 10 atom stereocenters. The van der Waals surface area contributed by atoms with E-state index in [0.717, 1.165) is 22.3 Å². The van der Waals surface area contributed by atoms with Gasteiger partial charge < -0.3 is 54.2 Å². The average molecular weight is 999 g/mol. The van der Waals surface area contributed by atoms with Crippen LogP contribution in [0.4, 0.5) is 4.79 Å². The van der Waals surface area contributed by atoms with Gasteiger partial charge in [0.1, 0.15) is 24.4 Å². The maximum atomic E-state index is 14.6. The lowest BCUT2D eigenvalue weighted by Gasteiger charge is -2.42. The first-order valence-electron chi connectivity index (χ1n) is 25.5. The molecule has 18 heteroatoms. The molecule has 0 radical (unpaired) electrons. The van der Waals surface area contributed by atoms with Gasteiger partial charge in [0.15, 0.2) is 30.1 Å². The van der Waals surface area contributed by atoms with E-state index >= 15 is 0 Å². The van der Waals surface area contributed by atoms with Gasteiger partial charge in [0.2, 0.25) is 11.8 Å². The summed E-state index contributed by atoms with van der Waals surface area (Å²) in [6.45, 7) is 15.8. The van der Waals surface area contributed by atoms with E-state index in [4.69, 9.17) is 33.2 Å². The summed E-state index contributed by atoms with van der Waals surface area (Å²) in [4.78, 5) is 64.6. The number of nitrogens with one attached hydrogen (secondary N) is 3. The quantitative estimate of drug-likeness (QED) is 0.0948. The molecule has 0 bridgehead atoms. The summed E-state index contributed by atoms with van der Waals surface area (Å²) in [6, 6.07) is 20.1. The average Bonchev–Trinajstić information content (AvgIpc) is 4.04. The Morgan fingerprint density at radius 1 is 0.903 bits per heavy atom. The van der Waals surface area contributed by atoms with Crippen LogP contribution >= 0.6 is 0 Å². The number of ether oxygens (including phenoxy) is 7. The first-order chi connectivity index (χ1) is 34.3. The molecule has 2 aromatic carbocycles. The van der Waals surface area contributed by atoms with Crippen LogP contribution in [-0.4, -0.2) is 149 Å². The summed E-state index contributed by atoms with van der Waals surface area (Å²) in [5.74, 6) is -3.30. The predicted molar refractivity (Wildman–Crippen MR) is 264 cm³/mol. The van der Waals surface area contributed by atoms with Gasteiger partial charge in [-0.2, -0.15) is 0 Å². The van der Waals surface area contributed by atoms with Gasteiger partial charge in [0.25, 0.3) is 0 Å². The number of aromatic nitrogens is 1. The van der Waals surface area contributed by atoms with E-state index < -0.39 is 90.1 Å². The molecule has 18 nitrogen and oxygen atoms in total. The molecule has 4 aliphatic heterocycles. The SMILES string of the molecule is CC(C)(C)NC(=O)[C@@H]1CN(Cc2cccnc2)CCN1C[C@H](C[C@H](Cc1ccccc1)C(=O)N[C@H]1c2ccccc2C[C@H]1O)OC(=O)CCCCNC(=O)O[C@H]1[C@@H](C2COC(C)(C)O2)OC2OC(C)(C)O[C@H]21. The molecule has 5 aliphatic rings. The van der Waals surface area contributed by atoms with E-state index in [2.05, 4.69) is 30.7 Å². The second-order valence-electron chi connectivity index (χ2n) is 21.7. The fourth-order valence-corrected chi connectivity index (χ4v) is 10.4. The summed E-state index contributed by atoms with van der Waals surface area (Å²) in [7, 11) is 0. The molecule has 392 valence electrons. The van der Waals surface area contributed by atoms with Gasteiger partial charge in [-0.1, -0.05) is 60.7 Å². The molecule has 0 spiro atoms. The monoisotopic (exact) mass is 999 g/mol. The zero-order valence-electron chi connectivity index (χ0n) is 42.8. The van der Waals surface area contributed by atoms with Gasteiger partial charge in [-0.15, -0.1) is 0 Å². The molecular weight excluding hydrogens is 925 g/mol. The van der Waals surface area contributed by atoms with Crippen molar-refractivity contribution in [1.82, 2.24) is 30.7 Å². The van der Waals surface area contributed by atoms with Crippen LogP contribution in [-0.2, 0) is 66.9 Å².